The van der Waals surface area contributed by atoms with Gasteiger partial charge in [0.1, 0.15) is 0 Å². The average Bonchev–Trinajstić information content (AvgIpc) is 2.18. The van der Waals surface area contributed by atoms with Crippen molar-refractivity contribution in [1.82, 2.24) is 9.74 Å². The Kier molecular flexibility index (Phi) is 4.69. The quantitative estimate of drug-likeness (QED) is 0.731. The van der Waals surface area contributed by atoms with Crippen molar-refractivity contribution >= 4 is 17.7 Å². The van der Waals surface area contributed by atoms with E-state index in [-0.39, 0.29) is 11.8 Å². The van der Waals surface area contributed by atoms with Gasteiger partial charge in [0.05, 0.1) is 0 Å². The van der Waals surface area contributed by atoms with Crippen LogP contribution in [0.25, 0.3) is 0 Å². The van der Waals surface area contributed by atoms with E-state index < -0.39 is 0 Å². The molecule has 82 valence electrons. The van der Waals surface area contributed by atoms with Gasteiger partial charge in [-0.25, -0.2) is 4.84 Å². The lowest BCUT2D eigenvalue weighted by Crippen LogP contribution is -2.33. The minimum atomic E-state index is 0.247. The van der Waals surface area contributed by atoms with Gasteiger partial charge in [0.2, 0.25) is 5.91 Å². The van der Waals surface area contributed by atoms with Gasteiger partial charge in [0.25, 0.3) is 0 Å². The number of rotatable bonds is 3. The van der Waals surface area contributed by atoms with E-state index in [9.17, 15) is 4.79 Å². The fraction of sp³-hybridized carbons (Fsp3) is 0.900. The lowest BCUT2D eigenvalue weighted by atomic mass is 9.81. The van der Waals surface area contributed by atoms with Crippen LogP contribution in [0.1, 0.15) is 25.7 Å². The Balaban J connectivity index is 2.32. The summed E-state index contributed by atoms with van der Waals surface area (Å²) in [5.74, 6) is 1.18. The normalized spacial score (nSPS) is 27.4. The van der Waals surface area contributed by atoms with Gasteiger partial charge in [0.15, 0.2) is 0 Å². The van der Waals surface area contributed by atoms with E-state index in [0.29, 0.717) is 5.92 Å². The molecule has 0 saturated heterocycles. The third-order valence-electron chi connectivity index (χ3n) is 3.00. The first-order valence-corrected chi connectivity index (χ1v) is 5.57. The molecule has 1 N–H and O–H groups in total. The van der Waals surface area contributed by atoms with Crippen LogP contribution in [0, 0.1) is 11.8 Å². The van der Waals surface area contributed by atoms with Crippen molar-refractivity contribution in [3.05, 3.63) is 0 Å². The maximum Gasteiger partial charge on any atom is 0.225 e. The molecule has 0 heterocycles. The van der Waals surface area contributed by atoms with Crippen LogP contribution >= 0.6 is 11.8 Å². The number of carbonyl (C=O) groups excluding carboxylic acids is 1. The number of amides is 1. The van der Waals surface area contributed by atoms with Crippen molar-refractivity contribution in [3.63, 3.8) is 0 Å². The summed E-state index contributed by atoms with van der Waals surface area (Å²) >= 11 is 5.46. The predicted octanol–water partition coefficient (Wildman–Crippen LogP) is 1.62. The molecule has 0 aromatic carbocycles. The Hall–Kier alpha value is -0.280. The second-order valence-electron chi connectivity index (χ2n) is 4.29. The van der Waals surface area contributed by atoms with Gasteiger partial charge in [-0.3, -0.25) is 4.79 Å². The van der Waals surface area contributed by atoms with Crippen LogP contribution in [0.5, 0.6) is 0 Å². The molecule has 14 heavy (non-hydrogen) atoms. The Bertz CT molecular complexity index is 189. The van der Waals surface area contributed by atoms with E-state index >= 15 is 0 Å². The SMILES string of the molecule is CN(C)C(=O)C1CCC(CNCl)CC1. The topological polar surface area (TPSA) is 32.3 Å². The summed E-state index contributed by atoms with van der Waals surface area (Å²) < 4.78 is 0. The highest BCUT2D eigenvalue weighted by atomic mass is 35.5. The molecule has 0 radical (unpaired) electrons. The highest BCUT2D eigenvalue weighted by molar-refractivity contribution is 6.13. The molecule has 0 spiro atoms. The van der Waals surface area contributed by atoms with Crippen LogP contribution in [0.4, 0.5) is 0 Å². The number of hydrogen-bond acceptors (Lipinski definition) is 2. The molecule has 1 saturated carbocycles. The first-order chi connectivity index (χ1) is 6.65. The van der Waals surface area contributed by atoms with Crippen LogP contribution in [0.15, 0.2) is 0 Å². The smallest absolute Gasteiger partial charge is 0.225 e. The van der Waals surface area contributed by atoms with Gasteiger partial charge in [-0.2, -0.15) is 0 Å². The molecule has 0 aliphatic heterocycles. The highest BCUT2D eigenvalue weighted by Gasteiger charge is 2.26. The second kappa shape index (κ2) is 5.56. The molecule has 1 aliphatic carbocycles. The lowest BCUT2D eigenvalue weighted by molar-refractivity contribution is -0.134. The van der Waals surface area contributed by atoms with E-state index in [1.165, 1.54) is 0 Å². The van der Waals surface area contributed by atoms with E-state index in [1.54, 1.807) is 4.90 Å². The molecule has 4 heteroatoms. The average molecular weight is 219 g/mol. The zero-order valence-corrected chi connectivity index (χ0v) is 9.68. The summed E-state index contributed by atoms with van der Waals surface area (Å²) in [4.78, 5) is 16.0. The fourth-order valence-electron chi connectivity index (χ4n) is 2.09. The number of halogens is 1. The maximum absolute atomic E-state index is 11.6. The summed E-state index contributed by atoms with van der Waals surface area (Å²) in [5.41, 5.74) is 0. The molecule has 0 unspecified atom stereocenters. The molecule has 1 rings (SSSR count). The molecule has 0 aromatic heterocycles. The van der Waals surface area contributed by atoms with E-state index in [0.717, 1.165) is 32.2 Å². The monoisotopic (exact) mass is 218 g/mol. The molecule has 0 atom stereocenters. The number of carbonyl (C=O) groups is 1. The van der Waals surface area contributed by atoms with Crippen LogP contribution in [0.2, 0.25) is 0 Å². The summed E-state index contributed by atoms with van der Waals surface area (Å²) in [6.45, 7) is 0.866. The van der Waals surface area contributed by atoms with Crippen molar-refractivity contribution in [2.45, 2.75) is 25.7 Å². The van der Waals surface area contributed by atoms with Crippen LogP contribution in [-0.2, 0) is 4.79 Å². The summed E-state index contributed by atoms with van der Waals surface area (Å²) in [6.07, 6.45) is 4.26. The summed E-state index contributed by atoms with van der Waals surface area (Å²) in [6, 6.07) is 0. The van der Waals surface area contributed by atoms with Gasteiger partial charge in [-0.1, -0.05) is 0 Å². The van der Waals surface area contributed by atoms with Crippen molar-refractivity contribution in [3.8, 4) is 0 Å². The van der Waals surface area contributed by atoms with Gasteiger partial charge < -0.3 is 4.90 Å². The summed E-state index contributed by atoms with van der Waals surface area (Å²) in [7, 11) is 3.66. The van der Waals surface area contributed by atoms with Gasteiger partial charge in [-0.15, -0.1) is 0 Å². The minimum Gasteiger partial charge on any atom is -0.349 e. The van der Waals surface area contributed by atoms with Crippen LogP contribution < -0.4 is 4.84 Å². The Morgan fingerprint density at radius 3 is 2.36 bits per heavy atom. The van der Waals surface area contributed by atoms with E-state index in [1.807, 2.05) is 14.1 Å². The first-order valence-electron chi connectivity index (χ1n) is 5.19. The zero-order valence-electron chi connectivity index (χ0n) is 8.92. The molecule has 0 bridgehead atoms. The molecule has 0 aromatic rings. The Morgan fingerprint density at radius 1 is 1.36 bits per heavy atom. The third kappa shape index (κ3) is 3.14. The first kappa shape index (κ1) is 11.8. The van der Waals surface area contributed by atoms with Crippen molar-refractivity contribution < 1.29 is 4.79 Å². The number of hydrogen-bond donors (Lipinski definition) is 1. The van der Waals surface area contributed by atoms with Crippen LogP contribution in [0.3, 0.4) is 0 Å². The van der Waals surface area contributed by atoms with Gasteiger partial charge in [-0.05, 0) is 43.4 Å². The van der Waals surface area contributed by atoms with E-state index in [2.05, 4.69) is 4.84 Å². The zero-order chi connectivity index (χ0) is 10.6. The molecular weight excluding hydrogens is 200 g/mol. The molecule has 1 aliphatic rings. The summed E-state index contributed by atoms with van der Waals surface area (Å²) in [5, 5.41) is 0. The molecular formula is C10H19ClN2O. The Labute approximate surface area is 90.9 Å². The maximum atomic E-state index is 11.6. The van der Waals surface area contributed by atoms with Gasteiger partial charge in [0, 0.05) is 26.6 Å². The highest BCUT2D eigenvalue weighted by Crippen LogP contribution is 2.29. The van der Waals surface area contributed by atoms with E-state index in [4.69, 9.17) is 11.8 Å². The predicted molar refractivity (Wildman–Crippen MR) is 58.0 cm³/mol. The largest absolute Gasteiger partial charge is 0.349 e. The second-order valence-corrected chi connectivity index (χ2v) is 4.56. The minimum absolute atomic E-state index is 0.247. The Morgan fingerprint density at radius 2 is 1.93 bits per heavy atom. The fourth-order valence-corrected chi connectivity index (χ4v) is 2.31. The number of nitrogens with zero attached hydrogens (tertiary/aromatic N) is 1. The van der Waals surface area contributed by atoms with Crippen molar-refractivity contribution in [1.29, 1.82) is 0 Å². The standard InChI is InChI=1S/C10H19ClN2O/c1-13(2)10(14)9-5-3-8(4-6-9)7-12-11/h8-9,12H,3-7H2,1-2H3. The molecule has 1 fully saturated rings. The number of nitrogens with one attached hydrogen (secondary N) is 1. The van der Waals surface area contributed by atoms with Crippen LogP contribution in [-0.4, -0.2) is 31.4 Å². The van der Waals surface area contributed by atoms with Crippen molar-refractivity contribution in [2.75, 3.05) is 20.6 Å². The molecule has 3 nitrogen and oxygen atoms in total. The van der Waals surface area contributed by atoms with Crippen molar-refractivity contribution in [2.24, 2.45) is 11.8 Å². The van der Waals surface area contributed by atoms with Gasteiger partial charge >= 0.3 is 0 Å². The lowest BCUT2D eigenvalue weighted by Gasteiger charge is -2.28. The third-order valence-corrected chi connectivity index (χ3v) is 3.16. The molecule has 1 amide bonds.